The van der Waals surface area contributed by atoms with Crippen LogP contribution in [0.4, 0.5) is 0 Å². The van der Waals surface area contributed by atoms with E-state index in [4.69, 9.17) is 0 Å². The summed E-state index contributed by atoms with van der Waals surface area (Å²) in [6.45, 7) is 3.22. The third-order valence-corrected chi connectivity index (χ3v) is 2.54. The molecule has 0 amide bonds. The quantitative estimate of drug-likeness (QED) is 0.614. The Balaban J connectivity index is 2.99. The summed E-state index contributed by atoms with van der Waals surface area (Å²) in [7, 11) is 4.00. The van der Waals surface area contributed by atoms with E-state index in [0.717, 1.165) is 13.0 Å². The first-order valence-corrected chi connectivity index (χ1v) is 5.28. The van der Waals surface area contributed by atoms with Gasteiger partial charge in [0.05, 0.1) is 0 Å². The Kier molecular flexibility index (Phi) is 4.44. The molecule has 0 aliphatic carbocycles. The molecule has 0 bridgehead atoms. The summed E-state index contributed by atoms with van der Waals surface area (Å²) in [5.74, 6) is 0. The zero-order valence-corrected chi connectivity index (χ0v) is 9.45. The number of likely N-dealkylation sites (N-methyl/N-ethyl adjacent to an activating group) is 1. The molecule has 1 aliphatic heterocycles. The number of allylic oxidation sites excluding steroid dienone is 3. The Morgan fingerprint density at radius 1 is 1.36 bits per heavy atom. The van der Waals surface area contributed by atoms with Crippen molar-refractivity contribution in [1.82, 2.24) is 4.90 Å². The summed E-state index contributed by atoms with van der Waals surface area (Å²) in [4.78, 5) is 6.45. The van der Waals surface area contributed by atoms with Crippen molar-refractivity contribution in [2.75, 3.05) is 20.6 Å². The van der Waals surface area contributed by atoms with Crippen molar-refractivity contribution in [3.8, 4) is 0 Å². The van der Waals surface area contributed by atoms with Crippen LogP contribution in [0.3, 0.4) is 0 Å². The summed E-state index contributed by atoms with van der Waals surface area (Å²) in [5, 5.41) is 0. The maximum atomic E-state index is 4.12. The molecule has 2 nitrogen and oxygen atoms in total. The van der Waals surface area contributed by atoms with Crippen LogP contribution in [0.1, 0.15) is 26.2 Å². The molecule has 0 atom stereocenters. The minimum Gasteiger partial charge on any atom is -0.374 e. The monoisotopic (exact) mass is 192 g/mol. The van der Waals surface area contributed by atoms with Crippen LogP contribution in [0.15, 0.2) is 28.4 Å². The predicted molar refractivity (Wildman–Crippen MR) is 62.7 cm³/mol. The van der Waals surface area contributed by atoms with Crippen LogP contribution in [0.25, 0.3) is 0 Å². The van der Waals surface area contributed by atoms with Gasteiger partial charge >= 0.3 is 0 Å². The first kappa shape index (κ1) is 11.0. The Hall–Kier alpha value is -1.05. The van der Waals surface area contributed by atoms with Crippen molar-refractivity contribution in [1.29, 1.82) is 0 Å². The van der Waals surface area contributed by atoms with Crippen LogP contribution in [0.5, 0.6) is 0 Å². The van der Waals surface area contributed by atoms with E-state index >= 15 is 0 Å². The molecule has 0 fully saturated rings. The average Bonchev–Trinajstić information content (AvgIpc) is 2.33. The lowest BCUT2D eigenvalue weighted by Crippen LogP contribution is -2.17. The molecule has 0 aromatic carbocycles. The van der Waals surface area contributed by atoms with Gasteiger partial charge in [0, 0.05) is 32.6 Å². The van der Waals surface area contributed by atoms with Gasteiger partial charge in [-0.05, 0) is 37.8 Å². The second kappa shape index (κ2) is 5.63. The van der Waals surface area contributed by atoms with Gasteiger partial charge in [0.15, 0.2) is 0 Å². The standard InChI is InChI=1S/C12H20N2/c1-4-7-12-11(10-13-2)8-5-6-9-14(12)3/h4,7,10H,5-6,8-9H2,1-3H3/b7-4-,13-10?. The fraction of sp³-hybridized carbons (Fsp3) is 0.583. The fourth-order valence-electron chi connectivity index (χ4n) is 1.84. The van der Waals surface area contributed by atoms with E-state index in [1.165, 1.54) is 24.1 Å². The van der Waals surface area contributed by atoms with E-state index in [2.05, 4.69) is 36.0 Å². The first-order chi connectivity index (χ1) is 6.79. The predicted octanol–water partition coefficient (Wildman–Crippen LogP) is 2.63. The number of rotatable bonds is 2. The van der Waals surface area contributed by atoms with Crippen molar-refractivity contribution in [2.24, 2.45) is 4.99 Å². The molecule has 14 heavy (non-hydrogen) atoms. The lowest BCUT2D eigenvalue weighted by molar-refractivity contribution is 0.426. The van der Waals surface area contributed by atoms with E-state index in [0.29, 0.717) is 0 Å². The van der Waals surface area contributed by atoms with Crippen LogP contribution >= 0.6 is 0 Å². The minimum absolute atomic E-state index is 1.15. The van der Waals surface area contributed by atoms with Crippen molar-refractivity contribution < 1.29 is 0 Å². The van der Waals surface area contributed by atoms with Gasteiger partial charge in [-0.1, -0.05) is 6.08 Å². The summed E-state index contributed by atoms with van der Waals surface area (Å²) in [6, 6.07) is 0. The van der Waals surface area contributed by atoms with Gasteiger partial charge in [-0.2, -0.15) is 0 Å². The van der Waals surface area contributed by atoms with Gasteiger partial charge in [-0.15, -0.1) is 0 Å². The topological polar surface area (TPSA) is 15.6 Å². The lowest BCUT2D eigenvalue weighted by Gasteiger charge is -2.19. The van der Waals surface area contributed by atoms with Gasteiger partial charge in [0.1, 0.15) is 0 Å². The van der Waals surface area contributed by atoms with E-state index < -0.39 is 0 Å². The molecule has 0 aromatic heterocycles. The Morgan fingerprint density at radius 2 is 2.14 bits per heavy atom. The van der Waals surface area contributed by atoms with Crippen LogP contribution in [-0.2, 0) is 0 Å². The van der Waals surface area contributed by atoms with Gasteiger partial charge < -0.3 is 4.90 Å². The maximum absolute atomic E-state index is 4.12. The SMILES string of the molecule is C/C=C\C1=C(C=NC)CCCCN1C. The first-order valence-electron chi connectivity index (χ1n) is 5.28. The van der Waals surface area contributed by atoms with Crippen LogP contribution in [0, 0.1) is 0 Å². The van der Waals surface area contributed by atoms with Gasteiger partial charge in [-0.25, -0.2) is 0 Å². The fourth-order valence-corrected chi connectivity index (χ4v) is 1.84. The van der Waals surface area contributed by atoms with Crippen LogP contribution < -0.4 is 0 Å². The molecule has 1 rings (SSSR count). The Labute approximate surface area is 87.0 Å². The molecule has 0 aromatic rings. The zero-order chi connectivity index (χ0) is 10.4. The number of hydrogen-bond acceptors (Lipinski definition) is 2. The summed E-state index contributed by atoms with van der Waals surface area (Å²) >= 11 is 0. The van der Waals surface area contributed by atoms with Gasteiger partial charge in [0.2, 0.25) is 0 Å². The van der Waals surface area contributed by atoms with Crippen LogP contribution in [0.2, 0.25) is 0 Å². The lowest BCUT2D eigenvalue weighted by atomic mass is 10.1. The molecule has 0 saturated carbocycles. The highest BCUT2D eigenvalue weighted by molar-refractivity contribution is 5.80. The summed E-state index contributed by atoms with van der Waals surface area (Å²) in [5.41, 5.74) is 2.70. The number of hydrogen-bond donors (Lipinski definition) is 0. The molecule has 0 spiro atoms. The smallest absolute Gasteiger partial charge is 0.0408 e. The number of nitrogens with zero attached hydrogens (tertiary/aromatic N) is 2. The van der Waals surface area contributed by atoms with E-state index in [-0.39, 0.29) is 0 Å². The van der Waals surface area contributed by atoms with E-state index in [9.17, 15) is 0 Å². The van der Waals surface area contributed by atoms with Crippen LogP contribution in [-0.4, -0.2) is 31.8 Å². The number of aliphatic imine (C=N–C) groups is 1. The minimum atomic E-state index is 1.15. The molecule has 0 unspecified atom stereocenters. The molecule has 2 heteroatoms. The molecular weight excluding hydrogens is 172 g/mol. The average molecular weight is 192 g/mol. The molecule has 0 saturated heterocycles. The van der Waals surface area contributed by atoms with Crippen molar-refractivity contribution in [2.45, 2.75) is 26.2 Å². The zero-order valence-electron chi connectivity index (χ0n) is 9.45. The highest BCUT2D eigenvalue weighted by Gasteiger charge is 2.11. The van der Waals surface area contributed by atoms with Crippen molar-refractivity contribution in [3.63, 3.8) is 0 Å². The summed E-state index contributed by atoms with van der Waals surface area (Å²) < 4.78 is 0. The largest absolute Gasteiger partial charge is 0.374 e. The van der Waals surface area contributed by atoms with Gasteiger partial charge in [-0.3, -0.25) is 4.99 Å². The Bertz CT molecular complexity index is 261. The maximum Gasteiger partial charge on any atom is 0.0408 e. The normalized spacial score (nSPS) is 19.8. The van der Waals surface area contributed by atoms with Crippen molar-refractivity contribution in [3.05, 3.63) is 23.4 Å². The second-order valence-electron chi connectivity index (χ2n) is 3.68. The highest BCUT2D eigenvalue weighted by atomic mass is 15.1. The highest BCUT2D eigenvalue weighted by Crippen LogP contribution is 2.20. The Morgan fingerprint density at radius 3 is 2.79 bits per heavy atom. The molecule has 1 heterocycles. The second-order valence-corrected chi connectivity index (χ2v) is 3.68. The molecular formula is C12H20N2. The molecule has 0 radical (unpaired) electrons. The van der Waals surface area contributed by atoms with E-state index in [1.54, 1.807) is 0 Å². The van der Waals surface area contributed by atoms with E-state index in [1.807, 2.05) is 13.3 Å². The summed E-state index contributed by atoms with van der Waals surface area (Å²) in [6.07, 6.45) is 9.98. The third-order valence-electron chi connectivity index (χ3n) is 2.54. The van der Waals surface area contributed by atoms with Crippen molar-refractivity contribution >= 4 is 6.21 Å². The van der Waals surface area contributed by atoms with Gasteiger partial charge in [0.25, 0.3) is 0 Å². The molecule has 0 N–H and O–H groups in total. The molecule has 1 aliphatic rings. The molecule has 78 valence electrons. The third kappa shape index (κ3) is 2.72.